The van der Waals surface area contributed by atoms with E-state index in [-0.39, 0.29) is 29.8 Å². The Balaban J connectivity index is 1.94. The Labute approximate surface area is 130 Å². The minimum atomic E-state index is -3.28. The third-order valence-electron chi connectivity index (χ3n) is 3.97. The van der Waals surface area contributed by atoms with E-state index in [0.29, 0.717) is 6.54 Å². The molecule has 1 amide bonds. The molecule has 1 aliphatic rings. The first-order chi connectivity index (χ1) is 10.4. The minimum Gasteiger partial charge on any atom is -0.370 e. The number of carbonyl (C=O) groups excluding carboxylic acids is 1. The molecule has 1 atom stereocenters. The highest BCUT2D eigenvalue weighted by Crippen LogP contribution is 2.31. The van der Waals surface area contributed by atoms with Gasteiger partial charge in [-0.15, -0.1) is 0 Å². The van der Waals surface area contributed by atoms with Crippen LogP contribution < -0.4 is 5.73 Å². The van der Waals surface area contributed by atoms with Crippen LogP contribution in [0.1, 0.15) is 30.9 Å². The number of nitrogens with zero attached hydrogens (tertiary/aromatic N) is 1. The lowest BCUT2D eigenvalue weighted by Crippen LogP contribution is -2.30. The standard InChI is InChI=1S/C15H21FN2O3S/c16-13-5-3-12(4-6-13)14-2-1-8-18(14)9-11-22(20,21)10-7-15(17)19/h3-6,14H,1-2,7-11H2,(H2,17,19)/t14-/m1/s1. The smallest absolute Gasteiger partial charge is 0.218 e. The molecule has 0 spiro atoms. The van der Waals surface area contributed by atoms with E-state index in [0.717, 1.165) is 24.9 Å². The third-order valence-corrected chi connectivity index (χ3v) is 5.60. The van der Waals surface area contributed by atoms with Crippen LogP contribution in [0, 0.1) is 5.82 Å². The lowest BCUT2D eigenvalue weighted by atomic mass is 10.0. The Morgan fingerprint density at radius 1 is 1.27 bits per heavy atom. The number of nitrogens with two attached hydrogens (primary N) is 1. The van der Waals surface area contributed by atoms with Crippen molar-refractivity contribution in [2.24, 2.45) is 5.73 Å². The van der Waals surface area contributed by atoms with Gasteiger partial charge in [-0.05, 0) is 37.1 Å². The van der Waals surface area contributed by atoms with Crippen molar-refractivity contribution >= 4 is 15.7 Å². The predicted molar refractivity (Wildman–Crippen MR) is 82.4 cm³/mol. The van der Waals surface area contributed by atoms with Crippen LogP contribution in [0.2, 0.25) is 0 Å². The third kappa shape index (κ3) is 4.78. The molecule has 0 aromatic heterocycles. The molecular weight excluding hydrogens is 307 g/mol. The number of likely N-dealkylation sites (tertiary alicyclic amines) is 1. The zero-order valence-electron chi connectivity index (χ0n) is 12.4. The maximum atomic E-state index is 13.0. The van der Waals surface area contributed by atoms with Gasteiger partial charge in [0.2, 0.25) is 5.91 Å². The Hall–Kier alpha value is -1.47. The normalized spacial score (nSPS) is 19.4. The minimum absolute atomic E-state index is 0.0119. The Kier molecular flexibility index (Phi) is 5.52. The molecule has 0 unspecified atom stereocenters. The van der Waals surface area contributed by atoms with Gasteiger partial charge >= 0.3 is 0 Å². The molecule has 2 rings (SSSR count). The summed E-state index contributed by atoms with van der Waals surface area (Å²) in [6.07, 6.45) is 1.79. The van der Waals surface area contributed by atoms with Gasteiger partial charge < -0.3 is 5.73 Å². The average Bonchev–Trinajstić information content (AvgIpc) is 2.93. The molecule has 0 radical (unpaired) electrons. The number of hydrogen-bond donors (Lipinski definition) is 1. The number of amides is 1. The fourth-order valence-electron chi connectivity index (χ4n) is 2.77. The van der Waals surface area contributed by atoms with Crippen LogP contribution in [-0.2, 0) is 14.6 Å². The van der Waals surface area contributed by atoms with Crippen molar-refractivity contribution in [1.29, 1.82) is 0 Å². The zero-order valence-corrected chi connectivity index (χ0v) is 13.2. The first-order valence-electron chi connectivity index (χ1n) is 7.35. The predicted octanol–water partition coefficient (Wildman–Crippen LogP) is 1.25. The van der Waals surface area contributed by atoms with E-state index in [2.05, 4.69) is 4.90 Å². The van der Waals surface area contributed by atoms with Gasteiger partial charge in [0.05, 0.1) is 11.5 Å². The van der Waals surface area contributed by atoms with Crippen molar-refractivity contribution in [3.05, 3.63) is 35.6 Å². The average molecular weight is 328 g/mol. The number of rotatable bonds is 7. The van der Waals surface area contributed by atoms with Crippen LogP contribution in [0.4, 0.5) is 4.39 Å². The van der Waals surface area contributed by atoms with Crippen molar-refractivity contribution < 1.29 is 17.6 Å². The highest BCUT2D eigenvalue weighted by Gasteiger charge is 2.27. The van der Waals surface area contributed by atoms with E-state index in [9.17, 15) is 17.6 Å². The summed E-state index contributed by atoms with van der Waals surface area (Å²) in [6.45, 7) is 1.25. The van der Waals surface area contributed by atoms with Crippen LogP contribution in [0.3, 0.4) is 0 Å². The first-order valence-corrected chi connectivity index (χ1v) is 9.18. The van der Waals surface area contributed by atoms with Gasteiger partial charge in [0.25, 0.3) is 0 Å². The molecule has 1 aromatic carbocycles. The van der Waals surface area contributed by atoms with Crippen LogP contribution in [0.25, 0.3) is 0 Å². The molecule has 0 saturated carbocycles. The molecule has 5 nitrogen and oxygen atoms in total. The van der Waals surface area contributed by atoms with E-state index in [1.54, 1.807) is 12.1 Å². The van der Waals surface area contributed by atoms with E-state index in [4.69, 9.17) is 5.73 Å². The summed E-state index contributed by atoms with van der Waals surface area (Å²) in [7, 11) is -3.28. The Morgan fingerprint density at radius 3 is 2.59 bits per heavy atom. The number of halogens is 1. The van der Waals surface area contributed by atoms with Gasteiger partial charge in [0.15, 0.2) is 9.84 Å². The summed E-state index contributed by atoms with van der Waals surface area (Å²) < 4.78 is 36.8. The van der Waals surface area contributed by atoms with Crippen LogP contribution in [0.5, 0.6) is 0 Å². The molecule has 1 saturated heterocycles. The van der Waals surface area contributed by atoms with Crippen molar-refractivity contribution in [2.45, 2.75) is 25.3 Å². The van der Waals surface area contributed by atoms with Crippen molar-refractivity contribution in [2.75, 3.05) is 24.6 Å². The lowest BCUT2D eigenvalue weighted by Gasteiger charge is -2.24. The number of benzene rings is 1. The topological polar surface area (TPSA) is 80.5 Å². The van der Waals surface area contributed by atoms with Crippen molar-refractivity contribution in [3.63, 3.8) is 0 Å². The summed E-state index contributed by atoms with van der Waals surface area (Å²) in [6, 6.07) is 6.48. The molecule has 2 N–H and O–H groups in total. The van der Waals surface area contributed by atoms with Gasteiger partial charge in [-0.1, -0.05) is 12.1 Å². The zero-order chi connectivity index (χ0) is 16.2. The maximum absolute atomic E-state index is 13.0. The molecule has 1 heterocycles. The first kappa shape index (κ1) is 16.9. The quantitative estimate of drug-likeness (QED) is 0.817. The summed E-state index contributed by atoms with van der Waals surface area (Å²) in [5.74, 6) is -1.06. The van der Waals surface area contributed by atoms with Crippen molar-refractivity contribution in [1.82, 2.24) is 4.90 Å². The van der Waals surface area contributed by atoms with Gasteiger partial charge in [-0.25, -0.2) is 12.8 Å². The van der Waals surface area contributed by atoms with E-state index in [1.165, 1.54) is 12.1 Å². The second-order valence-corrected chi connectivity index (χ2v) is 7.92. The highest BCUT2D eigenvalue weighted by atomic mass is 32.2. The molecule has 0 aliphatic carbocycles. The molecule has 0 bridgehead atoms. The van der Waals surface area contributed by atoms with Crippen molar-refractivity contribution in [3.8, 4) is 0 Å². The fourth-order valence-corrected chi connectivity index (χ4v) is 4.00. The second kappa shape index (κ2) is 7.19. The SMILES string of the molecule is NC(=O)CCS(=O)(=O)CCN1CCC[C@@H]1c1ccc(F)cc1. The van der Waals surface area contributed by atoms with E-state index in [1.807, 2.05) is 0 Å². The largest absolute Gasteiger partial charge is 0.370 e. The highest BCUT2D eigenvalue weighted by molar-refractivity contribution is 7.91. The summed E-state index contributed by atoms with van der Waals surface area (Å²) in [5.41, 5.74) is 5.99. The second-order valence-electron chi connectivity index (χ2n) is 5.61. The summed E-state index contributed by atoms with van der Waals surface area (Å²) in [4.78, 5) is 12.8. The lowest BCUT2D eigenvalue weighted by molar-refractivity contribution is -0.117. The van der Waals surface area contributed by atoms with Gasteiger partial charge in [0.1, 0.15) is 5.82 Å². The summed E-state index contributed by atoms with van der Waals surface area (Å²) >= 11 is 0. The molecule has 122 valence electrons. The van der Waals surface area contributed by atoms with Gasteiger partial charge in [-0.2, -0.15) is 0 Å². The van der Waals surface area contributed by atoms with Crippen LogP contribution in [-0.4, -0.2) is 43.8 Å². The number of primary amides is 1. The molecule has 1 aromatic rings. The Bertz CT molecular complexity index is 616. The number of hydrogen-bond acceptors (Lipinski definition) is 4. The van der Waals surface area contributed by atoms with Crippen LogP contribution >= 0.6 is 0 Å². The van der Waals surface area contributed by atoms with Crippen LogP contribution in [0.15, 0.2) is 24.3 Å². The maximum Gasteiger partial charge on any atom is 0.218 e. The van der Waals surface area contributed by atoms with E-state index < -0.39 is 15.7 Å². The molecular formula is C15H21FN2O3S. The van der Waals surface area contributed by atoms with Gasteiger partial charge in [-0.3, -0.25) is 9.69 Å². The number of carbonyl (C=O) groups is 1. The monoisotopic (exact) mass is 328 g/mol. The molecule has 7 heteroatoms. The fraction of sp³-hybridized carbons (Fsp3) is 0.533. The molecule has 1 aliphatic heterocycles. The molecule has 22 heavy (non-hydrogen) atoms. The number of sulfone groups is 1. The summed E-state index contributed by atoms with van der Waals surface area (Å²) in [5, 5.41) is 0. The van der Waals surface area contributed by atoms with Gasteiger partial charge in [0, 0.05) is 19.0 Å². The molecule has 1 fully saturated rings. The Morgan fingerprint density at radius 2 is 1.95 bits per heavy atom. The van der Waals surface area contributed by atoms with E-state index >= 15 is 0 Å².